The molecule has 2 fully saturated rings. The van der Waals surface area contributed by atoms with E-state index in [4.69, 9.17) is 27.3 Å². The Labute approximate surface area is 208 Å². The van der Waals surface area contributed by atoms with E-state index in [1.807, 2.05) is 30.4 Å². The van der Waals surface area contributed by atoms with Crippen molar-refractivity contribution in [2.75, 3.05) is 37.0 Å². The molecule has 3 atom stereocenters. The molecular formula is C25H28ClN9. The van der Waals surface area contributed by atoms with Gasteiger partial charge in [0.2, 0.25) is 5.65 Å². The maximum absolute atomic E-state index is 6.79. The Hall–Kier alpha value is -3.14. The lowest BCUT2D eigenvalue weighted by molar-refractivity contribution is 0.422. The maximum Gasteiger partial charge on any atom is 0.202 e. The molecule has 5 heterocycles. The highest BCUT2D eigenvalue weighted by molar-refractivity contribution is 6.34. The number of anilines is 2. The Morgan fingerprint density at radius 2 is 2.09 bits per heavy atom. The van der Waals surface area contributed by atoms with Gasteiger partial charge in [0.05, 0.1) is 22.6 Å². The second-order valence-electron chi connectivity index (χ2n) is 10.2. The Morgan fingerprint density at radius 1 is 1.26 bits per heavy atom. The number of aromatic nitrogens is 4. The van der Waals surface area contributed by atoms with Crippen LogP contribution in [0.4, 0.5) is 11.5 Å². The van der Waals surface area contributed by atoms with Crippen LogP contribution in [0.3, 0.4) is 0 Å². The zero-order chi connectivity index (χ0) is 23.9. The molecule has 1 aliphatic carbocycles. The van der Waals surface area contributed by atoms with Gasteiger partial charge in [-0.25, -0.2) is 15.0 Å². The third-order valence-electron chi connectivity index (χ3n) is 8.27. The zero-order valence-corrected chi connectivity index (χ0v) is 20.5. The lowest BCUT2D eigenvalue weighted by atomic mass is 9.92. The fourth-order valence-electron chi connectivity index (χ4n) is 6.32. The van der Waals surface area contributed by atoms with Crippen molar-refractivity contribution in [3.63, 3.8) is 0 Å². The molecule has 7 rings (SSSR count). The molecule has 9 nitrogen and oxygen atoms in total. The number of halogens is 1. The minimum Gasteiger partial charge on any atom is -0.365 e. The number of piperidine rings is 1. The molecule has 4 aliphatic rings. The van der Waals surface area contributed by atoms with E-state index in [9.17, 15) is 0 Å². The van der Waals surface area contributed by atoms with Crippen LogP contribution in [0.2, 0.25) is 5.02 Å². The first-order valence-corrected chi connectivity index (χ1v) is 12.5. The highest BCUT2D eigenvalue weighted by Crippen LogP contribution is 2.66. The number of fused-ring (bicyclic) bond motifs is 3. The number of benzene rings is 1. The lowest BCUT2D eigenvalue weighted by Gasteiger charge is -2.30. The molecule has 3 aliphatic heterocycles. The topological polar surface area (TPSA) is 111 Å². The van der Waals surface area contributed by atoms with Crippen LogP contribution in [0.5, 0.6) is 0 Å². The summed E-state index contributed by atoms with van der Waals surface area (Å²) in [6, 6.07) is 4.05. The van der Waals surface area contributed by atoms with Crippen molar-refractivity contribution in [3.05, 3.63) is 52.5 Å². The van der Waals surface area contributed by atoms with Gasteiger partial charge in [-0.05, 0) is 43.5 Å². The number of hydrazine groups is 1. The van der Waals surface area contributed by atoms with Crippen LogP contribution in [0.1, 0.15) is 18.9 Å². The minimum atomic E-state index is 0.0674. The van der Waals surface area contributed by atoms with Crippen LogP contribution in [-0.2, 0) is 6.54 Å². The third kappa shape index (κ3) is 2.98. The van der Waals surface area contributed by atoms with E-state index in [0.29, 0.717) is 29.1 Å². The number of nitrogens with one attached hydrogen (secondary N) is 3. The molecule has 10 heteroatoms. The van der Waals surface area contributed by atoms with E-state index in [-0.39, 0.29) is 5.41 Å². The van der Waals surface area contributed by atoms with Crippen molar-refractivity contribution < 1.29 is 0 Å². The van der Waals surface area contributed by atoms with Crippen molar-refractivity contribution in [1.29, 1.82) is 0 Å². The molecule has 180 valence electrons. The molecule has 5 N–H and O–H groups in total. The van der Waals surface area contributed by atoms with Gasteiger partial charge in [0, 0.05) is 55.5 Å². The molecule has 0 spiro atoms. The molecule has 1 aromatic carbocycles. The van der Waals surface area contributed by atoms with E-state index in [2.05, 4.69) is 45.0 Å². The number of hydrogen-bond donors (Lipinski definition) is 4. The Balaban J connectivity index is 1.14. The molecule has 0 amide bonds. The van der Waals surface area contributed by atoms with Crippen LogP contribution in [0.25, 0.3) is 22.4 Å². The number of nitrogens with zero attached hydrogens (tertiary/aromatic N) is 5. The van der Waals surface area contributed by atoms with E-state index in [1.165, 1.54) is 11.3 Å². The summed E-state index contributed by atoms with van der Waals surface area (Å²) in [6.07, 6.45) is 7.30. The van der Waals surface area contributed by atoms with E-state index in [1.54, 1.807) is 0 Å². The zero-order valence-electron chi connectivity index (χ0n) is 19.8. The fraction of sp³-hybridized carbons (Fsp3) is 0.400. The molecule has 1 saturated heterocycles. The number of H-pyrrole nitrogens is 1. The molecule has 0 radical (unpaired) electrons. The lowest BCUT2D eigenvalue weighted by Crippen LogP contribution is -2.37. The first-order chi connectivity index (χ1) is 17.0. The molecular weight excluding hydrogens is 462 g/mol. The van der Waals surface area contributed by atoms with Gasteiger partial charge in [-0.3, -0.25) is 5.10 Å². The number of aromatic amines is 1. The van der Waals surface area contributed by atoms with Crippen molar-refractivity contribution in [2.24, 2.45) is 23.0 Å². The first kappa shape index (κ1) is 21.2. The fourth-order valence-corrected chi connectivity index (χ4v) is 6.64. The van der Waals surface area contributed by atoms with E-state index < -0.39 is 0 Å². The number of rotatable bonds is 4. The summed E-state index contributed by atoms with van der Waals surface area (Å²) in [7, 11) is 2.00. The van der Waals surface area contributed by atoms with Gasteiger partial charge >= 0.3 is 0 Å². The van der Waals surface area contributed by atoms with Gasteiger partial charge in [0.15, 0.2) is 0 Å². The minimum absolute atomic E-state index is 0.0674. The molecule has 0 bridgehead atoms. The Kier molecular flexibility index (Phi) is 4.49. The van der Waals surface area contributed by atoms with Gasteiger partial charge in [0.25, 0.3) is 0 Å². The highest BCUT2D eigenvalue weighted by Gasteiger charge is 2.69. The predicted octanol–water partition coefficient (Wildman–Crippen LogP) is 3.24. The summed E-state index contributed by atoms with van der Waals surface area (Å²) in [4.78, 5) is 11.9. The van der Waals surface area contributed by atoms with Crippen LogP contribution in [-0.4, -0.2) is 51.9 Å². The Morgan fingerprint density at radius 3 is 2.83 bits per heavy atom. The normalized spacial score (nSPS) is 27.3. The number of nitrogens with two attached hydrogens (primary N) is 1. The summed E-state index contributed by atoms with van der Waals surface area (Å²) in [5, 5.41) is 13.8. The number of dihydropyridines is 1. The van der Waals surface area contributed by atoms with Gasteiger partial charge in [0.1, 0.15) is 11.3 Å². The van der Waals surface area contributed by atoms with E-state index >= 15 is 0 Å². The van der Waals surface area contributed by atoms with Crippen molar-refractivity contribution >= 4 is 34.3 Å². The summed E-state index contributed by atoms with van der Waals surface area (Å²) >= 11 is 6.79. The molecule has 2 aromatic heterocycles. The summed E-state index contributed by atoms with van der Waals surface area (Å²) in [5.74, 6) is 1.92. The molecule has 1 saturated carbocycles. The summed E-state index contributed by atoms with van der Waals surface area (Å²) in [6.45, 7) is 5.42. The van der Waals surface area contributed by atoms with Crippen molar-refractivity contribution in [1.82, 2.24) is 30.5 Å². The summed E-state index contributed by atoms with van der Waals surface area (Å²) in [5.41, 5.74) is 17.5. The van der Waals surface area contributed by atoms with Gasteiger partial charge in [-0.2, -0.15) is 5.10 Å². The largest absolute Gasteiger partial charge is 0.365 e. The van der Waals surface area contributed by atoms with Gasteiger partial charge < -0.3 is 21.4 Å². The second-order valence-corrected chi connectivity index (χ2v) is 10.6. The van der Waals surface area contributed by atoms with Crippen LogP contribution >= 0.6 is 11.6 Å². The average Bonchev–Trinajstić information content (AvgIpc) is 3.31. The van der Waals surface area contributed by atoms with Crippen molar-refractivity contribution in [3.8, 4) is 11.3 Å². The Bertz CT molecular complexity index is 1410. The SMILES string of the molecule is CC1=CNC(C2(CN)[C@@H]3CN(c4cnc5c(-c6ccc7c(c6Cl)CN(C)N7)[nH]nc5n4)C[C@@H]32)=CC1. The van der Waals surface area contributed by atoms with Crippen LogP contribution < -0.4 is 21.4 Å². The monoisotopic (exact) mass is 489 g/mol. The molecule has 35 heavy (non-hydrogen) atoms. The maximum atomic E-state index is 6.79. The second kappa shape index (κ2) is 7.43. The van der Waals surface area contributed by atoms with E-state index in [0.717, 1.165) is 59.9 Å². The number of allylic oxidation sites excluding steroid dienone is 2. The molecule has 1 unspecified atom stereocenters. The van der Waals surface area contributed by atoms with Crippen LogP contribution in [0.15, 0.2) is 41.9 Å². The van der Waals surface area contributed by atoms with Gasteiger partial charge in [-0.1, -0.05) is 23.3 Å². The number of hydrogen-bond acceptors (Lipinski definition) is 8. The summed E-state index contributed by atoms with van der Waals surface area (Å²) < 4.78 is 0. The predicted molar refractivity (Wildman–Crippen MR) is 137 cm³/mol. The first-order valence-electron chi connectivity index (χ1n) is 12.1. The third-order valence-corrected chi connectivity index (χ3v) is 8.70. The van der Waals surface area contributed by atoms with Crippen LogP contribution in [0, 0.1) is 17.3 Å². The average molecular weight is 490 g/mol. The van der Waals surface area contributed by atoms with Crippen molar-refractivity contribution in [2.45, 2.75) is 19.9 Å². The standard InChI is InChI=1S/C25H28ClN9/c1-13-3-6-19(28-7-13)25(12-27)16-10-35(11-17(16)25)20-8-29-23-22(31-32-24(23)30-20)14-4-5-18-15(21(14)26)9-34(2)33-18/h4-8,16-17,28,33H,3,9-12,27H2,1-2H3,(H,30,31,32)/t16-,17+,25?. The molecule has 3 aromatic rings. The quantitative estimate of drug-likeness (QED) is 0.442. The smallest absolute Gasteiger partial charge is 0.202 e. The van der Waals surface area contributed by atoms with Gasteiger partial charge in [-0.15, -0.1) is 0 Å². The highest BCUT2D eigenvalue weighted by atomic mass is 35.5.